The predicted octanol–water partition coefficient (Wildman–Crippen LogP) is 5.38. The number of anilines is 1. The molecule has 4 nitrogen and oxygen atoms in total. The zero-order valence-corrected chi connectivity index (χ0v) is 14.7. The summed E-state index contributed by atoms with van der Waals surface area (Å²) in [4.78, 5) is 4.31. The number of rotatable bonds is 2. The lowest BCUT2D eigenvalue weighted by Gasteiger charge is -2.32. The highest BCUT2D eigenvalue weighted by atomic mass is 35.5. The molecular weight excluding hydrogens is 367 g/mol. The van der Waals surface area contributed by atoms with Crippen molar-refractivity contribution >= 4 is 40.8 Å². The van der Waals surface area contributed by atoms with Crippen molar-refractivity contribution in [1.82, 2.24) is 14.8 Å². The molecule has 122 valence electrons. The van der Waals surface area contributed by atoms with Gasteiger partial charge in [0.05, 0.1) is 12.1 Å². The van der Waals surface area contributed by atoms with Gasteiger partial charge >= 0.3 is 0 Å². The van der Waals surface area contributed by atoms with Crippen molar-refractivity contribution in [3.05, 3.63) is 75.0 Å². The smallest absolute Gasteiger partial charge is 0.222 e. The molecule has 0 unspecified atom stereocenters. The molecule has 1 aliphatic rings. The summed E-state index contributed by atoms with van der Waals surface area (Å²) >= 11 is 18.8. The van der Waals surface area contributed by atoms with E-state index in [1.165, 1.54) is 6.33 Å². The first-order chi connectivity index (χ1) is 11.6. The second-order valence-electron chi connectivity index (χ2n) is 5.66. The van der Waals surface area contributed by atoms with Crippen molar-refractivity contribution in [2.75, 3.05) is 5.32 Å². The predicted molar refractivity (Wildman–Crippen MR) is 97.1 cm³/mol. The molecule has 4 rings (SSSR count). The Balaban J connectivity index is 1.78. The van der Waals surface area contributed by atoms with Crippen LogP contribution in [0.15, 0.2) is 48.8 Å². The number of benzene rings is 2. The number of nitrogens with zero attached hydrogens (tertiary/aromatic N) is 3. The fourth-order valence-electron chi connectivity index (χ4n) is 3.11. The standard InChI is InChI=1S/C17H13Cl3N4/c18-10-5-6-12(14(20)7-10)16-8-15(11-3-1-2-4-13(11)19)23-17-21-9-22-24(16)17/h1-7,9,15-16H,8H2,(H,21,22,23)/t15-,16+/m0/s1. The Hall–Kier alpha value is -1.75. The summed E-state index contributed by atoms with van der Waals surface area (Å²) in [5.41, 5.74) is 2.00. The molecule has 24 heavy (non-hydrogen) atoms. The molecule has 0 bridgehead atoms. The maximum absolute atomic E-state index is 6.43. The van der Waals surface area contributed by atoms with E-state index in [0.717, 1.165) is 22.6 Å². The van der Waals surface area contributed by atoms with Crippen molar-refractivity contribution in [3.63, 3.8) is 0 Å². The third-order valence-corrected chi connectivity index (χ3v) is 5.14. The molecular formula is C17H13Cl3N4. The summed E-state index contributed by atoms with van der Waals surface area (Å²) in [6.07, 6.45) is 2.29. The van der Waals surface area contributed by atoms with Crippen LogP contribution in [0, 0.1) is 0 Å². The Labute approximate surface area is 154 Å². The van der Waals surface area contributed by atoms with Gasteiger partial charge in [0.1, 0.15) is 6.33 Å². The maximum Gasteiger partial charge on any atom is 0.222 e. The summed E-state index contributed by atoms with van der Waals surface area (Å²) in [6.45, 7) is 0. The molecule has 1 aromatic heterocycles. The van der Waals surface area contributed by atoms with Gasteiger partial charge in [0, 0.05) is 15.1 Å². The molecule has 0 saturated heterocycles. The molecule has 0 spiro atoms. The van der Waals surface area contributed by atoms with E-state index >= 15 is 0 Å². The van der Waals surface area contributed by atoms with Crippen molar-refractivity contribution < 1.29 is 0 Å². The van der Waals surface area contributed by atoms with E-state index in [9.17, 15) is 0 Å². The molecule has 0 radical (unpaired) electrons. The van der Waals surface area contributed by atoms with Crippen LogP contribution in [0.1, 0.15) is 29.6 Å². The second-order valence-corrected chi connectivity index (χ2v) is 6.91. The second kappa shape index (κ2) is 6.28. The van der Waals surface area contributed by atoms with Crippen LogP contribution in [-0.2, 0) is 0 Å². The van der Waals surface area contributed by atoms with E-state index in [1.54, 1.807) is 6.07 Å². The van der Waals surface area contributed by atoms with Gasteiger partial charge in [-0.2, -0.15) is 10.1 Å². The third-order valence-electron chi connectivity index (χ3n) is 4.23. The first-order valence-electron chi connectivity index (χ1n) is 7.49. The molecule has 2 atom stereocenters. The van der Waals surface area contributed by atoms with Crippen molar-refractivity contribution in [3.8, 4) is 0 Å². The van der Waals surface area contributed by atoms with E-state index in [0.29, 0.717) is 16.0 Å². The molecule has 0 saturated carbocycles. The Bertz CT molecular complexity index is 893. The number of hydrogen-bond donors (Lipinski definition) is 1. The van der Waals surface area contributed by atoms with E-state index in [4.69, 9.17) is 34.8 Å². The average molecular weight is 380 g/mol. The van der Waals surface area contributed by atoms with Crippen LogP contribution in [0.25, 0.3) is 0 Å². The summed E-state index contributed by atoms with van der Waals surface area (Å²) in [6, 6.07) is 13.3. The highest BCUT2D eigenvalue weighted by molar-refractivity contribution is 6.35. The summed E-state index contributed by atoms with van der Waals surface area (Å²) < 4.78 is 1.85. The normalized spacial score (nSPS) is 19.6. The van der Waals surface area contributed by atoms with Crippen molar-refractivity contribution in [1.29, 1.82) is 0 Å². The zero-order chi connectivity index (χ0) is 16.7. The highest BCUT2D eigenvalue weighted by Crippen LogP contribution is 2.41. The molecule has 3 aromatic rings. The largest absolute Gasteiger partial charge is 0.347 e. The molecule has 0 amide bonds. The van der Waals surface area contributed by atoms with Gasteiger partial charge in [0.15, 0.2) is 0 Å². The average Bonchev–Trinajstić information content (AvgIpc) is 3.03. The number of aromatic nitrogens is 3. The first kappa shape index (κ1) is 15.8. The molecule has 2 heterocycles. The van der Waals surface area contributed by atoms with E-state index in [-0.39, 0.29) is 12.1 Å². The van der Waals surface area contributed by atoms with Crippen LogP contribution in [0.5, 0.6) is 0 Å². The minimum absolute atomic E-state index is 0.0205. The Kier molecular flexibility index (Phi) is 4.12. The van der Waals surface area contributed by atoms with Crippen LogP contribution in [0.3, 0.4) is 0 Å². The van der Waals surface area contributed by atoms with Crippen LogP contribution in [0.4, 0.5) is 5.95 Å². The van der Waals surface area contributed by atoms with Gasteiger partial charge in [-0.25, -0.2) is 4.68 Å². The van der Waals surface area contributed by atoms with Crippen LogP contribution in [-0.4, -0.2) is 14.8 Å². The lowest BCUT2D eigenvalue weighted by Crippen LogP contribution is -2.28. The third kappa shape index (κ3) is 2.75. The topological polar surface area (TPSA) is 42.7 Å². The van der Waals surface area contributed by atoms with Gasteiger partial charge in [-0.05, 0) is 35.7 Å². The Morgan fingerprint density at radius 1 is 1.00 bits per heavy atom. The zero-order valence-electron chi connectivity index (χ0n) is 12.5. The SMILES string of the molecule is Clc1ccc([C@H]2C[C@@H](c3ccccc3Cl)Nc3ncnn32)c(Cl)c1. The minimum atomic E-state index is -0.0465. The van der Waals surface area contributed by atoms with Gasteiger partial charge in [-0.1, -0.05) is 59.1 Å². The molecule has 1 aliphatic heterocycles. The fraction of sp³-hybridized carbons (Fsp3) is 0.176. The molecule has 0 fully saturated rings. The number of halogens is 3. The number of hydrogen-bond acceptors (Lipinski definition) is 3. The lowest BCUT2D eigenvalue weighted by molar-refractivity contribution is 0.431. The van der Waals surface area contributed by atoms with Gasteiger partial charge in [0.25, 0.3) is 0 Å². The lowest BCUT2D eigenvalue weighted by atomic mass is 9.93. The Morgan fingerprint density at radius 2 is 1.83 bits per heavy atom. The van der Waals surface area contributed by atoms with Crippen LogP contribution in [0.2, 0.25) is 15.1 Å². The van der Waals surface area contributed by atoms with E-state index in [2.05, 4.69) is 15.4 Å². The summed E-state index contributed by atoms with van der Waals surface area (Å²) in [5, 5.41) is 9.70. The van der Waals surface area contributed by atoms with Gasteiger partial charge in [-0.3, -0.25) is 0 Å². The highest BCUT2D eigenvalue weighted by Gasteiger charge is 2.31. The van der Waals surface area contributed by atoms with Crippen molar-refractivity contribution in [2.45, 2.75) is 18.5 Å². The van der Waals surface area contributed by atoms with Crippen molar-refractivity contribution in [2.24, 2.45) is 0 Å². The number of nitrogens with one attached hydrogen (secondary N) is 1. The Morgan fingerprint density at radius 3 is 2.62 bits per heavy atom. The van der Waals surface area contributed by atoms with Gasteiger partial charge in [-0.15, -0.1) is 0 Å². The van der Waals surface area contributed by atoms with Gasteiger partial charge in [0.2, 0.25) is 5.95 Å². The minimum Gasteiger partial charge on any atom is -0.347 e. The molecule has 7 heteroatoms. The maximum atomic E-state index is 6.43. The van der Waals surface area contributed by atoms with Crippen LogP contribution >= 0.6 is 34.8 Å². The number of fused-ring (bicyclic) bond motifs is 1. The van der Waals surface area contributed by atoms with E-state index < -0.39 is 0 Å². The summed E-state index contributed by atoms with van der Waals surface area (Å²) in [7, 11) is 0. The quantitative estimate of drug-likeness (QED) is 0.649. The first-order valence-corrected chi connectivity index (χ1v) is 8.62. The monoisotopic (exact) mass is 378 g/mol. The molecule has 1 N–H and O–H groups in total. The fourth-order valence-corrected chi connectivity index (χ4v) is 3.91. The summed E-state index contributed by atoms with van der Waals surface area (Å²) in [5.74, 6) is 0.696. The molecule has 0 aliphatic carbocycles. The van der Waals surface area contributed by atoms with Crippen LogP contribution < -0.4 is 5.32 Å². The van der Waals surface area contributed by atoms with Gasteiger partial charge < -0.3 is 5.32 Å². The van der Waals surface area contributed by atoms with E-state index in [1.807, 2.05) is 41.1 Å². The molecule has 2 aromatic carbocycles.